The summed E-state index contributed by atoms with van der Waals surface area (Å²) in [5.74, 6) is 1.62. The van der Waals surface area contributed by atoms with Crippen LogP contribution in [0.1, 0.15) is 28.6 Å². The fourth-order valence-electron chi connectivity index (χ4n) is 2.59. The minimum atomic E-state index is -0.190. The zero-order valence-corrected chi connectivity index (χ0v) is 12.6. The molecule has 0 unspecified atom stereocenters. The van der Waals surface area contributed by atoms with Gasteiger partial charge in [0.2, 0.25) is 0 Å². The largest absolute Gasteiger partial charge is 0.343 e. The van der Waals surface area contributed by atoms with Crippen LogP contribution in [0.2, 0.25) is 0 Å². The Morgan fingerprint density at radius 1 is 1.45 bits per heavy atom. The second kappa shape index (κ2) is 5.38. The lowest BCUT2D eigenvalue weighted by molar-refractivity contribution is 0.0944. The molecular formula is C14H14N6OS. The number of aromatic amines is 1. The molecule has 7 nitrogen and oxygen atoms in total. The highest BCUT2D eigenvalue weighted by Gasteiger charge is 2.18. The first-order chi connectivity index (χ1) is 10.8. The Morgan fingerprint density at radius 2 is 2.41 bits per heavy atom. The van der Waals surface area contributed by atoms with Crippen LogP contribution in [0.25, 0.3) is 11.3 Å². The number of aryl methyl sites for hydroxylation is 1. The number of nitrogens with one attached hydrogen (secondary N) is 2. The Labute approximate surface area is 130 Å². The molecule has 0 radical (unpaired) electrons. The predicted molar refractivity (Wildman–Crippen MR) is 81.4 cm³/mol. The van der Waals surface area contributed by atoms with E-state index in [-0.39, 0.29) is 5.91 Å². The fourth-order valence-corrected chi connectivity index (χ4v) is 3.24. The molecule has 1 aliphatic heterocycles. The van der Waals surface area contributed by atoms with Gasteiger partial charge in [-0.1, -0.05) is 0 Å². The Morgan fingerprint density at radius 3 is 3.27 bits per heavy atom. The lowest BCUT2D eigenvalue weighted by Gasteiger charge is -2.04. The maximum Gasteiger partial charge on any atom is 0.269 e. The van der Waals surface area contributed by atoms with E-state index in [1.54, 1.807) is 17.4 Å². The quantitative estimate of drug-likeness (QED) is 0.765. The highest BCUT2D eigenvalue weighted by Crippen LogP contribution is 2.20. The van der Waals surface area contributed by atoms with Gasteiger partial charge in [0, 0.05) is 23.9 Å². The first-order valence-corrected chi connectivity index (χ1v) is 8.02. The van der Waals surface area contributed by atoms with Gasteiger partial charge in [-0.05, 0) is 23.9 Å². The molecule has 3 aromatic heterocycles. The monoisotopic (exact) mass is 314 g/mol. The number of thiophene rings is 1. The SMILES string of the molecule is O=C(NCc1nnc2n1CCC2)c1cc(-c2ccsc2)n[nH]1. The van der Waals surface area contributed by atoms with Crippen molar-refractivity contribution in [2.24, 2.45) is 0 Å². The van der Waals surface area contributed by atoms with Crippen LogP contribution in [0.4, 0.5) is 0 Å². The van der Waals surface area contributed by atoms with Gasteiger partial charge in [0.25, 0.3) is 5.91 Å². The molecule has 22 heavy (non-hydrogen) atoms. The number of aromatic nitrogens is 5. The van der Waals surface area contributed by atoms with Gasteiger partial charge in [-0.25, -0.2) is 0 Å². The van der Waals surface area contributed by atoms with Crippen molar-refractivity contribution in [1.82, 2.24) is 30.3 Å². The summed E-state index contributed by atoms with van der Waals surface area (Å²) < 4.78 is 2.07. The topological polar surface area (TPSA) is 88.5 Å². The Hall–Kier alpha value is -2.48. The average molecular weight is 314 g/mol. The number of nitrogens with zero attached hydrogens (tertiary/aromatic N) is 4. The summed E-state index contributed by atoms with van der Waals surface area (Å²) in [7, 11) is 0. The Kier molecular flexibility index (Phi) is 3.23. The van der Waals surface area contributed by atoms with E-state index in [4.69, 9.17) is 0 Å². The third kappa shape index (κ3) is 2.31. The molecule has 0 aliphatic carbocycles. The number of fused-ring (bicyclic) bond motifs is 1. The van der Waals surface area contributed by atoms with Crippen LogP contribution in [0.15, 0.2) is 22.9 Å². The van der Waals surface area contributed by atoms with Crippen molar-refractivity contribution in [3.8, 4) is 11.3 Å². The van der Waals surface area contributed by atoms with Crippen LogP contribution in [-0.2, 0) is 19.5 Å². The second-order valence-electron chi connectivity index (χ2n) is 5.15. The van der Waals surface area contributed by atoms with Crippen molar-refractivity contribution in [3.63, 3.8) is 0 Å². The van der Waals surface area contributed by atoms with Gasteiger partial charge in [-0.15, -0.1) is 10.2 Å². The number of carbonyl (C=O) groups excluding carboxylic acids is 1. The van der Waals surface area contributed by atoms with Gasteiger partial charge in [-0.2, -0.15) is 16.4 Å². The summed E-state index contributed by atoms with van der Waals surface area (Å²) in [6, 6.07) is 3.73. The predicted octanol–water partition coefficient (Wildman–Crippen LogP) is 1.61. The van der Waals surface area contributed by atoms with Crippen molar-refractivity contribution in [1.29, 1.82) is 0 Å². The fraction of sp³-hybridized carbons (Fsp3) is 0.286. The molecule has 2 N–H and O–H groups in total. The second-order valence-corrected chi connectivity index (χ2v) is 5.93. The van der Waals surface area contributed by atoms with Crippen molar-refractivity contribution in [2.75, 3.05) is 0 Å². The molecule has 0 bridgehead atoms. The molecule has 0 saturated carbocycles. The van der Waals surface area contributed by atoms with E-state index in [0.29, 0.717) is 12.2 Å². The third-order valence-corrected chi connectivity index (χ3v) is 4.42. The number of hydrogen-bond acceptors (Lipinski definition) is 5. The smallest absolute Gasteiger partial charge is 0.269 e. The van der Waals surface area contributed by atoms with Crippen molar-refractivity contribution in [3.05, 3.63) is 40.2 Å². The molecule has 0 fully saturated rings. The van der Waals surface area contributed by atoms with Crippen LogP contribution in [0.5, 0.6) is 0 Å². The van der Waals surface area contributed by atoms with Crippen molar-refractivity contribution < 1.29 is 4.79 Å². The van der Waals surface area contributed by atoms with E-state index in [9.17, 15) is 4.79 Å². The van der Waals surface area contributed by atoms with Gasteiger partial charge in [0.15, 0.2) is 5.82 Å². The van der Waals surface area contributed by atoms with Gasteiger partial charge < -0.3 is 9.88 Å². The molecule has 4 heterocycles. The Bertz CT molecular complexity index is 803. The summed E-state index contributed by atoms with van der Waals surface area (Å²) in [4.78, 5) is 12.2. The highest BCUT2D eigenvalue weighted by molar-refractivity contribution is 7.08. The molecule has 0 saturated heterocycles. The maximum absolute atomic E-state index is 12.2. The number of hydrogen-bond donors (Lipinski definition) is 2. The molecule has 112 valence electrons. The standard InChI is InChI=1S/C14H14N6OS/c21-14(11-6-10(16-17-11)9-3-5-22-8-9)15-7-13-19-18-12-2-1-4-20(12)13/h3,5-6,8H,1-2,4,7H2,(H,15,21)(H,16,17). The number of carbonyl (C=O) groups is 1. The van der Waals surface area contributed by atoms with Crippen LogP contribution >= 0.6 is 11.3 Å². The minimum absolute atomic E-state index is 0.190. The van der Waals surface area contributed by atoms with Crippen LogP contribution in [0.3, 0.4) is 0 Å². The summed E-state index contributed by atoms with van der Waals surface area (Å²) in [6.07, 6.45) is 2.06. The normalized spacial score (nSPS) is 13.3. The molecule has 0 spiro atoms. The van der Waals surface area contributed by atoms with Gasteiger partial charge >= 0.3 is 0 Å². The van der Waals surface area contributed by atoms with Crippen molar-refractivity contribution in [2.45, 2.75) is 25.9 Å². The summed E-state index contributed by atoms with van der Waals surface area (Å²) in [5, 5.41) is 22.0. The molecule has 4 rings (SSSR count). The number of rotatable bonds is 4. The lowest BCUT2D eigenvalue weighted by Crippen LogP contribution is -2.25. The molecule has 0 aromatic carbocycles. The first kappa shape index (κ1) is 13.2. The minimum Gasteiger partial charge on any atom is -0.343 e. The van der Waals surface area contributed by atoms with Gasteiger partial charge in [0.1, 0.15) is 11.5 Å². The summed E-state index contributed by atoms with van der Waals surface area (Å²) >= 11 is 1.60. The van der Waals surface area contributed by atoms with E-state index < -0.39 is 0 Å². The average Bonchev–Trinajstić information content (AvgIpc) is 3.28. The number of amides is 1. The van der Waals surface area contributed by atoms with E-state index >= 15 is 0 Å². The van der Waals surface area contributed by atoms with E-state index in [1.165, 1.54) is 0 Å². The van der Waals surface area contributed by atoms with Crippen molar-refractivity contribution >= 4 is 17.2 Å². The lowest BCUT2D eigenvalue weighted by atomic mass is 10.2. The summed E-state index contributed by atoms with van der Waals surface area (Å²) in [6.45, 7) is 1.30. The van der Waals surface area contributed by atoms with Crippen LogP contribution in [-0.4, -0.2) is 30.9 Å². The highest BCUT2D eigenvalue weighted by atomic mass is 32.1. The first-order valence-electron chi connectivity index (χ1n) is 7.08. The van der Waals surface area contributed by atoms with E-state index in [0.717, 1.165) is 42.3 Å². The maximum atomic E-state index is 12.2. The zero-order chi connectivity index (χ0) is 14.9. The third-order valence-electron chi connectivity index (χ3n) is 3.73. The molecule has 0 atom stereocenters. The van der Waals surface area contributed by atoms with Crippen LogP contribution in [0, 0.1) is 0 Å². The molecule has 3 aromatic rings. The van der Waals surface area contributed by atoms with Crippen LogP contribution < -0.4 is 5.32 Å². The van der Waals surface area contributed by atoms with Gasteiger partial charge in [-0.3, -0.25) is 9.89 Å². The molecular weight excluding hydrogens is 300 g/mol. The van der Waals surface area contributed by atoms with E-state index in [1.807, 2.05) is 16.8 Å². The summed E-state index contributed by atoms with van der Waals surface area (Å²) in [5.41, 5.74) is 2.23. The number of H-pyrrole nitrogens is 1. The zero-order valence-electron chi connectivity index (χ0n) is 11.7. The van der Waals surface area contributed by atoms with E-state index in [2.05, 4.69) is 30.3 Å². The molecule has 1 amide bonds. The molecule has 1 aliphatic rings. The van der Waals surface area contributed by atoms with Gasteiger partial charge in [0.05, 0.1) is 12.2 Å². The Balaban J connectivity index is 1.44. The molecule has 8 heteroatoms.